The average molecular weight is 630 g/mol. The first-order valence-electron chi connectivity index (χ1n) is 14.5. The number of hydrogen-bond acceptors (Lipinski definition) is 3. The van der Waals surface area contributed by atoms with Crippen LogP contribution >= 0.6 is 37.2 Å². The molecule has 0 aliphatic carbocycles. The maximum absolute atomic E-state index is 5.29. The van der Waals surface area contributed by atoms with Crippen LogP contribution in [0.3, 0.4) is 0 Å². The summed E-state index contributed by atoms with van der Waals surface area (Å²) in [6.45, 7) is 17.8. The molecule has 1 aliphatic rings. The number of H-pyrrole nitrogens is 1. The average Bonchev–Trinajstić information content (AvgIpc) is 3.31. The molecule has 3 aromatic carbocycles. The molecule has 0 bridgehead atoms. The summed E-state index contributed by atoms with van der Waals surface area (Å²) in [5.41, 5.74) is 7.69. The van der Waals surface area contributed by atoms with Gasteiger partial charge in [-0.25, -0.2) is 4.98 Å². The number of aryl methyl sites for hydroxylation is 1. The minimum atomic E-state index is 0. The van der Waals surface area contributed by atoms with E-state index in [0.29, 0.717) is 5.92 Å². The summed E-state index contributed by atoms with van der Waals surface area (Å²) in [4.78, 5) is 14.3. The van der Waals surface area contributed by atoms with Crippen molar-refractivity contribution in [1.82, 2.24) is 19.8 Å². The van der Waals surface area contributed by atoms with Crippen LogP contribution in [-0.4, -0.2) is 45.9 Å². The molecule has 4 nitrogen and oxygen atoms in total. The number of aromatic nitrogens is 2. The number of halogens is 3. The van der Waals surface area contributed by atoms with Crippen molar-refractivity contribution in [3.05, 3.63) is 113 Å². The van der Waals surface area contributed by atoms with Crippen molar-refractivity contribution in [2.45, 2.75) is 59.0 Å². The van der Waals surface area contributed by atoms with Crippen LogP contribution in [0.5, 0.6) is 0 Å². The lowest BCUT2D eigenvalue weighted by Crippen LogP contribution is -2.50. The van der Waals surface area contributed by atoms with Gasteiger partial charge in [-0.3, -0.25) is 9.80 Å². The van der Waals surface area contributed by atoms with Gasteiger partial charge in [0, 0.05) is 37.4 Å². The molecule has 7 heteroatoms. The molecule has 42 heavy (non-hydrogen) atoms. The Labute approximate surface area is 271 Å². The van der Waals surface area contributed by atoms with E-state index in [4.69, 9.17) is 4.98 Å². The zero-order valence-electron chi connectivity index (χ0n) is 25.7. The van der Waals surface area contributed by atoms with Crippen molar-refractivity contribution in [2.24, 2.45) is 5.92 Å². The van der Waals surface area contributed by atoms with E-state index in [9.17, 15) is 0 Å². The number of benzene rings is 3. The number of piperazine rings is 1. The van der Waals surface area contributed by atoms with E-state index in [2.05, 4.69) is 141 Å². The SMILES string of the molecule is Cc1[nH]c(-c2ccccc2C(C)(C)C)nc1C(C(C)C)N1CCN(C(c2ccccc2)c2ccccc2)CC1.Cl.Cl.Cl. The first-order chi connectivity index (χ1) is 18.7. The molecule has 1 atom stereocenters. The third kappa shape index (κ3) is 7.78. The summed E-state index contributed by atoms with van der Waals surface area (Å²) in [5, 5.41) is 0. The van der Waals surface area contributed by atoms with Crippen molar-refractivity contribution >= 4 is 37.2 Å². The van der Waals surface area contributed by atoms with Gasteiger partial charge in [0.2, 0.25) is 0 Å². The molecule has 2 heterocycles. The lowest BCUT2D eigenvalue weighted by molar-refractivity contribution is 0.0599. The molecule has 1 N–H and O–H groups in total. The van der Waals surface area contributed by atoms with Crippen LogP contribution in [0.4, 0.5) is 0 Å². The Kier molecular flexibility index (Phi) is 13.2. The van der Waals surface area contributed by atoms with Crippen molar-refractivity contribution in [3.63, 3.8) is 0 Å². The van der Waals surface area contributed by atoms with Crippen molar-refractivity contribution < 1.29 is 0 Å². The molecule has 0 saturated carbocycles. The largest absolute Gasteiger partial charge is 0.342 e. The van der Waals surface area contributed by atoms with Crippen molar-refractivity contribution in [3.8, 4) is 11.4 Å². The van der Waals surface area contributed by atoms with Gasteiger partial charge in [0.05, 0.1) is 17.8 Å². The lowest BCUT2D eigenvalue weighted by atomic mass is 9.83. The van der Waals surface area contributed by atoms with Gasteiger partial charge in [-0.15, -0.1) is 37.2 Å². The van der Waals surface area contributed by atoms with Gasteiger partial charge >= 0.3 is 0 Å². The molecule has 228 valence electrons. The molecule has 1 aliphatic heterocycles. The second-order valence-corrected chi connectivity index (χ2v) is 12.4. The molecule has 4 aromatic rings. The van der Waals surface area contributed by atoms with E-state index >= 15 is 0 Å². The summed E-state index contributed by atoms with van der Waals surface area (Å²) >= 11 is 0. The molecule has 1 fully saturated rings. The predicted octanol–water partition coefficient (Wildman–Crippen LogP) is 9.05. The molecular formula is C35H47Cl3N4. The van der Waals surface area contributed by atoms with Gasteiger partial charge in [-0.05, 0) is 34.9 Å². The van der Waals surface area contributed by atoms with Gasteiger partial charge < -0.3 is 4.98 Å². The number of nitrogens with zero attached hydrogens (tertiary/aromatic N) is 3. The van der Waals surface area contributed by atoms with Gasteiger partial charge in [0.1, 0.15) is 5.82 Å². The minimum Gasteiger partial charge on any atom is -0.342 e. The maximum atomic E-state index is 5.29. The smallest absolute Gasteiger partial charge is 0.138 e. The van der Waals surface area contributed by atoms with E-state index in [1.165, 1.54) is 33.6 Å². The molecule has 1 aromatic heterocycles. The zero-order chi connectivity index (χ0) is 27.6. The summed E-state index contributed by atoms with van der Waals surface area (Å²) in [5.74, 6) is 1.45. The Morgan fingerprint density at radius 2 is 1.17 bits per heavy atom. The molecule has 1 unspecified atom stereocenters. The first kappa shape index (κ1) is 35.9. The second-order valence-electron chi connectivity index (χ2n) is 12.4. The van der Waals surface area contributed by atoms with E-state index in [0.717, 1.165) is 32.0 Å². The first-order valence-corrected chi connectivity index (χ1v) is 14.5. The topological polar surface area (TPSA) is 35.2 Å². The monoisotopic (exact) mass is 628 g/mol. The third-order valence-corrected chi connectivity index (χ3v) is 8.16. The normalized spacial score (nSPS) is 15.0. The third-order valence-electron chi connectivity index (χ3n) is 8.16. The molecule has 1 saturated heterocycles. The quantitative estimate of drug-likeness (QED) is 0.222. The summed E-state index contributed by atoms with van der Waals surface area (Å²) < 4.78 is 0. The number of hydrogen-bond donors (Lipinski definition) is 1. The van der Waals surface area contributed by atoms with Crippen LogP contribution in [0, 0.1) is 12.8 Å². The van der Waals surface area contributed by atoms with E-state index in [1.807, 2.05) is 0 Å². The fourth-order valence-corrected chi connectivity index (χ4v) is 6.30. The number of aromatic amines is 1. The standard InChI is InChI=1S/C35H44N4.3ClH/c1-25(2)32(31-26(3)36-34(37-31)29-19-13-14-20-30(29)35(4,5)6)38-21-23-39(24-22-38)33(27-15-9-7-10-16-27)28-17-11-8-12-18-28;;;/h7-20,25,32-33H,21-24H2,1-6H3,(H,36,37);3*1H. The Balaban J connectivity index is 0.00000205. The molecule has 0 radical (unpaired) electrons. The highest BCUT2D eigenvalue weighted by molar-refractivity contribution is 5.86. The Hall–Kier alpha value is -2.34. The minimum absolute atomic E-state index is 0. The highest BCUT2D eigenvalue weighted by atomic mass is 35.5. The summed E-state index contributed by atoms with van der Waals surface area (Å²) in [6.07, 6.45) is 0. The lowest BCUT2D eigenvalue weighted by Gasteiger charge is -2.43. The molecular weight excluding hydrogens is 583 g/mol. The maximum Gasteiger partial charge on any atom is 0.138 e. The van der Waals surface area contributed by atoms with Crippen LogP contribution in [-0.2, 0) is 5.41 Å². The van der Waals surface area contributed by atoms with Gasteiger partial charge in [0.15, 0.2) is 0 Å². The van der Waals surface area contributed by atoms with Crippen molar-refractivity contribution in [1.29, 1.82) is 0 Å². The van der Waals surface area contributed by atoms with E-state index in [-0.39, 0.29) is 54.7 Å². The number of nitrogens with one attached hydrogen (secondary N) is 1. The van der Waals surface area contributed by atoms with Crippen LogP contribution in [0.15, 0.2) is 84.9 Å². The highest BCUT2D eigenvalue weighted by Crippen LogP contribution is 2.37. The van der Waals surface area contributed by atoms with Gasteiger partial charge in [-0.1, -0.05) is 120 Å². The number of rotatable bonds is 7. The van der Waals surface area contributed by atoms with Gasteiger partial charge in [0.25, 0.3) is 0 Å². The number of imidazole rings is 1. The fraction of sp³-hybridized carbons (Fsp3) is 0.400. The fourth-order valence-electron chi connectivity index (χ4n) is 6.30. The Morgan fingerprint density at radius 3 is 1.67 bits per heavy atom. The molecule has 0 amide bonds. The summed E-state index contributed by atoms with van der Waals surface area (Å²) in [7, 11) is 0. The second kappa shape index (κ2) is 15.4. The van der Waals surface area contributed by atoms with E-state index < -0.39 is 0 Å². The van der Waals surface area contributed by atoms with E-state index in [1.54, 1.807) is 0 Å². The zero-order valence-corrected chi connectivity index (χ0v) is 28.2. The molecule has 5 rings (SSSR count). The Morgan fingerprint density at radius 1 is 0.690 bits per heavy atom. The highest BCUT2D eigenvalue weighted by Gasteiger charge is 2.33. The Bertz CT molecular complexity index is 1320. The van der Waals surface area contributed by atoms with Crippen LogP contribution in [0.25, 0.3) is 11.4 Å². The van der Waals surface area contributed by atoms with Crippen LogP contribution in [0.2, 0.25) is 0 Å². The van der Waals surface area contributed by atoms with Gasteiger partial charge in [-0.2, -0.15) is 0 Å². The predicted molar refractivity (Wildman–Crippen MR) is 185 cm³/mol. The van der Waals surface area contributed by atoms with Crippen LogP contribution < -0.4 is 0 Å². The molecule has 0 spiro atoms. The summed E-state index contributed by atoms with van der Waals surface area (Å²) in [6, 6.07) is 31.2. The van der Waals surface area contributed by atoms with Crippen LogP contribution in [0.1, 0.15) is 74.8 Å². The van der Waals surface area contributed by atoms with Crippen molar-refractivity contribution in [2.75, 3.05) is 26.2 Å².